The minimum Gasteiger partial charge on any atom is -0.258 e. The van der Waals surface area contributed by atoms with Gasteiger partial charge in [0, 0.05) is 18.6 Å². The quantitative estimate of drug-likeness (QED) is 0.586. The van der Waals surface area contributed by atoms with Crippen molar-refractivity contribution < 1.29 is 4.92 Å². The third-order valence-electron chi connectivity index (χ3n) is 2.68. The second-order valence-electron chi connectivity index (χ2n) is 3.91. The molecule has 0 saturated carbocycles. The van der Waals surface area contributed by atoms with Gasteiger partial charge in [-0.05, 0) is 18.9 Å². The molecule has 0 aromatic heterocycles. The topological polar surface area (TPSA) is 90.7 Å². The lowest BCUT2D eigenvalue weighted by molar-refractivity contribution is -0.384. The highest BCUT2D eigenvalue weighted by molar-refractivity contribution is 5.41. The average Bonchev–Trinajstić information content (AvgIpc) is 2.36. The standard InChI is InChI=1S/C12H11N3O2/c1-12(9-14,6-3-7-13)10-4-2-5-11(8-10)15(16)17/h2,4-5,8H,3,6H2,1H3. The Kier molecular flexibility index (Phi) is 3.79. The van der Waals surface area contributed by atoms with E-state index in [1.807, 2.05) is 6.07 Å². The number of non-ortho nitro benzene ring substituents is 1. The lowest BCUT2D eigenvalue weighted by Gasteiger charge is -2.20. The maximum Gasteiger partial charge on any atom is 0.269 e. The molecule has 1 atom stereocenters. The normalized spacial score (nSPS) is 13.1. The van der Waals surface area contributed by atoms with Gasteiger partial charge in [-0.15, -0.1) is 0 Å². The first kappa shape index (κ1) is 12.7. The number of nitro groups is 1. The van der Waals surface area contributed by atoms with E-state index in [-0.39, 0.29) is 12.1 Å². The molecular formula is C12H11N3O2. The summed E-state index contributed by atoms with van der Waals surface area (Å²) in [6.07, 6.45) is 0.605. The molecule has 0 radical (unpaired) electrons. The van der Waals surface area contributed by atoms with Crippen LogP contribution >= 0.6 is 0 Å². The van der Waals surface area contributed by atoms with Crippen LogP contribution in [0, 0.1) is 32.8 Å². The third kappa shape index (κ3) is 2.79. The first-order valence-corrected chi connectivity index (χ1v) is 5.06. The molecule has 0 aliphatic rings. The van der Waals surface area contributed by atoms with Crippen molar-refractivity contribution in [3.8, 4) is 12.1 Å². The van der Waals surface area contributed by atoms with Crippen LogP contribution in [-0.2, 0) is 5.41 Å². The predicted octanol–water partition coefficient (Wildman–Crippen LogP) is 2.68. The van der Waals surface area contributed by atoms with Gasteiger partial charge in [0.25, 0.3) is 5.69 Å². The van der Waals surface area contributed by atoms with Crippen LogP contribution in [-0.4, -0.2) is 4.92 Å². The molecule has 86 valence electrons. The molecule has 0 bridgehead atoms. The Balaban J connectivity index is 3.13. The highest BCUT2D eigenvalue weighted by Crippen LogP contribution is 2.30. The number of hydrogen-bond donors (Lipinski definition) is 0. The van der Waals surface area contributed by atoms with Crippen molar-refractivity contribution in [2.24, 2.45) is 0 Å². The largest absolute Gasteiger partial charge is 0.269 e. The predicted molar refractivity (Wildman–Crippen MR) is 60.9 cm³/mol. The van der Waals surface area contributed by atoms with Gasteiger partial charge in [-0.25, -0.2) is 0 Å². The van der Waals surface area contributed by atoms with Crippen LogP contribution < -0.4 is 0 Å². The smallest absolute Gasteiger partial charge is 0.258 e. The van der Waals surface area contributed by atoms with Crippen molar-refractivity contribution in [1.82, 2.24) is 0 Å². The Hall–Kier alpha value is -2.40. The molecule has 0 saturated heterocycles. The number of rotatable bonds is 4. The van der Waals surface area contributed by atoms with Crippen molar-refractivity contribution in [2.75, 3.05) is 0 Å². The summed E-state index contributed by atoms with van der Waals surface area (Å²) in [5, 5.41) is 28.4. The zero-order chi connectivity index (χ0) is 12.9. The van der Waals surface area contributed by atoms with Crippen molar-refractivity contribution in [3.05, 3.63) is 39.9 Å². The molecule has 5 heteroatoms. The molecule has 0 spiro atoms. The summed E-state index contributed by atoms with van der Waals surface area (Å²) in [6, 6.07) is 10.1. The number of nitrogens with zero attached hydrogens (tertiary/aromatic N) is 3. The van der Waals surface area contributed by atoms with Gasteiger partial charge in [0.2, 0.25) is 0 Å². The lowest BCUT2D eigenvalue weighted by atomic mass is 9.80. The minimum absolute atomic E-state index is 0.0408. The molecule has 0 N–H and O–H groups in total. The van der Waals surface area contributed by atoms with Gasteiger partial charge in [-0.1, -0.05) is 12.1 Å². The molecule has 1 unspecified atom stereocenters. The second kappa shape index (κ2) is 5.09. The molecular weight excluding hydrogens is 218 g/mol. The summed E-state index contributed by atoms with van der Waals surface area (Å²) < 4.78 is 0. The molecule has 1 aromatic carbocycles. The number of nitro benzene ring substituents is 1. The monoisotopic (exact) mass is 229 g/mol. The molecule has 0 fully saturated rings. The van der Waals surface area contributed by atoms with Crippen molar-refractivity contribution in [2.45, 2.75) is 25.2 Å². The van der Waals surface area contributed by atoms with E-state index >= 15 is 0 Å². The number of nitriles is 2. The number of hydrogen-bond acceptors (Lipinski definition) is 4. The summed E-state index contributed by atoms with van der Waals surface area (Å²) in [5.74, 6) is 0. The molecule has 0 aliphatic heterocycles. The van der Waals surface area contributed by atoms with Gasteiger partial charge in [0.05, 0.1) is 22.5 Å². The fourth-order valence-electron chi connectivity index (χ4n) is 1.53. The van der Waals surface area contributed by atoms with Crippen LogP contribution in [0.1, 0.15) is 25.3 Å². The van der Waals surface area contributed by atoms with E-state index < -0.39 is 10.3 Å². The zero-order valence-electron chi connectivity index (χ0n) is 9.38. The fraction of sp³-hybridized carbons (Fsp3) is 0.333. The molecule has 0 heterocycles. The van der Waals surface area contributed by atoms with E-state index in [1.54, 1.807) is 19.1 Å². The van der Waals surface area contributed by atoms with Gasteiger partial charge < -0.3 is 0 Å². The van der Waals surface area contributed by atoms with Crippen LogP contribution in [0.2, 0.25) is 0 Å². The van der Waals surface area contributed by atoms with Gasteiger partial charge >= 0.3 is 0 Å². The molecule has 0 amide bonds. The average molecular weight is 229 g/mol. The third-order valence-corrected chi connectivity index (χ3v) is 2.68. The Morgan fingerprint density at radius 2 is 2.18 bits per heavy atom. The van der Waals surface area contributed by atoms with E-state index in [4.69, 9.17) is 10.5 Å². The van der Waals surface area contributed by atoms with Gasteiger partial charge in [-0.3, -0.25) is 10.1 Å². The van der Waals surface area contributed by atoms with E-state index in [0.717, 1.165) is 0 Å². The van der Waals surface area contributed by atoms with Crippen LogP contribution in [0.3, 0.4) is 0 Å². The van der Waals surface area contributed by atoms with Crippen molar-refractivity contribution >= 4 is 5.69 Å². The summed E-state index contributed by atoms with van der Waals surface area (Å²) in [6.45, 7) is 1.68. The van der Waals surface area contributed by atoms with Crippen molar-refractivity contribution in [1.29, 1.82) is 10.5 Å². The Morgan fingerprint density at radius 3 is 2.71 bits per heavy atom. The molecule has 17 heavy (non-hydrogen) atoms. The summed E-state index contributed by atoms with van der Waals surface area (Å²) in [4.78, 5) is 10.2. The number of benzene rings is 1. The zero-order valence-corrected chi connectivity index (χ0v) is 9.38. The lowest BCUT2D eigenvalue weighted by Crippen LogP contribution is -2.19. The van der Waals surface area contributed by atoms with Crippen LogP contribution in [0.4, 0.5) is 5.69 Å². The summed E-state index contributed by atoms with van der Waals surface area (Å²) >= 11 is 0. The molecule has 5 nitrogen and oxygen atoms in total. The fourth-order valence-corrected chi connectivity index (χ4v) is 1.53. The Labute approximate surface area is 99.1 Å². The molecule has 1 rings (SSSR count). The van der Waals surface area contributed by atoms with E-state index in [1.165, 1.54) is 12.1 Å². The van der Waals surface area contributed by atoms with Crippen LogP contribution in [0.5, 0.6) is 0 Å². The Morgan fingerprint density at radius 1 is 1.47 bits per heavy atom. The van der Waals surface area contributed by atoms with E-state index in [9.17, 15) is 10.1 Å². The van der Waals surface area contributed by atoms with Gasteiger partial charge in [0.15, 0.2) is 0 Å². The first-order chi connectivity index (χ1) is 8.03. The van der Waals surface area contributed by atoms with E-state index in [2.05, 4.69) is 6.07 Å². The summed E-state index contributed by atoms with van der Waals surface area (Å²) in [7, 11) is 0. The first-order valence-electron chi connectivity index (χ1n) is 5.06. The van der Waals surface area contributed by atoms with Crippen LogP contribution in [0.15, 0.2) is 24.3 Å². The maximum atomic E-state index is 10.7. The minimum atomic E-state index is -0.859. The van der Waals surface area contributed by atoms with E-state index in [0.29, 0.717) is 12.0 Å². The summed E-state index contributed by atoms with van der Waals surface area (Å²) in [5.41, 5.74) is -0.327. The van der Waals surface area contributed by atoms with Gasteiger partial charge in [-0.2, -0.15) is 10.5 Å². The van der Waals surface area contributed by atoms with Crippen LogP contribution in [0.25, 0.3) is 0 Å². The highest BCUT2D eigenvalue weighted by atomic mass is 16.6. The SMILES string of the molecule is CC(C#N)(CCC#N)c1cccc([N+](=O)[O-])c1. The van der Waals surface area contributed by atoms with Crippen molar-refractivity contribution in [3.63, 3.8) is 0 Å². The highest BCUT2D eigenvalue weighted by Gasteiger charge is 2.27. The Bertz CT molecular complexity index is 513. The second-order valence-corrected chi connectivity index (χ2v) is 3.91. The molecule has 1 aromatic rings. The molecule has 0 aliphatic carbocycles. The maximum absolute atomic E-state index is 10.7. The van der Waals surface area contributed by atoms with Gasteiger partial charge in [0.1, 0.15) is 0 Å².